The maximum Gasteiger partial charge on any atom is 0.0425 e. The van der Waals surface area contributed by atoms with Crippen molar-refractivity contribution >= 4 is 11.4 Å². The fraction of sp³-hybridized carbons (Fsp3) is 0.421. The van der Waals surface area contributed by atoms with Gasteiger partial charge in [-0.3, -0.25) is 4.90 Å². The predicted molar refractivity (Wildman–Crippen MR) is 352 cm³/mol. The lowest BCUT2D eigenvalue weighted by Crippen LogP contribution is -2.27. The zero-order valence-corrected chi connectivity index (χ0v) is 51.5. The minimum atomic E-state index is 0. The van der Waals surface area contributed by atoms with Crippen LogP contribution in [0.2, 0.25) is 0 Å². The van der Waals surface area contributed by atoms with Gasteiger partial charge in [0.2, 0.25) is 0 Å². The number of rotatable bonds is 0. The number of para-hydroxylation sites is 1. The number of likely N-dealkylation sites (N-methyl/N-ethyl adjacent to an activating group) is 2. The van der Waals surface area contributed by atoms with Crippen LogP contribution in [0.3, 0.4) is 0 Å². The number of fused-ring (bicyclic) bond motifs is 7. The molecule has 0 radical (unpaired) electrons. The average Bonchev–Trinajstić information content (AvgIpc) is 4.14. The van der Waals surface area contributed by atoms with Crippen LogP contribution >= 0.6 is 0 Å². The first kappa shape index (κ1) is 62.4. The van der Waals surface area contributed by atoms with Gasteiger partial charge < -0.3 is 19.6 Å². The summed E-state index contributed by atoms with van der Waals surface area (Å²) in [7, 11) is 10.9. The van der Waals surface area contributed by atoms with Crippen LogP contribution in [0.25, 0.3) is 0 Å². The number of nitrogens with zero attached hydrogens (tertiary/aromatic N) is 5. The molecule has 5 nitrogen and oxygen atoms in total. The van der Waals surface area contributed by atoms with Crippen molar-refractivity contribution in [1.29, 1.82) is 0 Å². The van der Waals surface area contributed by atoms with E-state index in [1.807, 2.05) is 0 Å². The highest BCUT2D eigenvalue weighted by molar-refractivity contribution is 5.60. The van der Waals surface area contributed by atoms with Crippen LogP contribution in [0.4, 0.5) is 11.4 Å². The topological polar surface area (TPSA) is 16.2 Å². The van der Waals surface area contributed by atoms with E-state index in [1.54, 1.807) is 33.4 Å². The van der Waals surface area contributed by atoms with Gasteiger partial charge in [-0.25, -0.2) is 0 Å². The summed E-state index contributed by atoms with van der Waals surface area (Å²) in [5.41, 5.74) is 31.5. The third kappa shape index (κ3) is 16.7. The van der Waals surface area contributed by atoms with E-state index in [1.165, 1.54) is 168 Å². The SMILES string of the molecule is C.Cc1cccc2c1CC=CC2.Cc1cccc2c1CCC2.Cc1cccc2c1CCCN2C.Cc1cccc2c1CCN(C)C2.Cc1cccc2c1CN(C)C2.Cc1cccc2c1CN(C)CC2.Cc1cccc2c1N(C)CCC2. The Labute approximate surface area is 492 Å². The summed E-state index contributed by atoms with van der Waals surface area (Å²) in [6.45, 7) is 24.7. The lowest BCUT2D eigenvalue weighted by molar-refractivity contribution is 0.312. The van der Waals surface area contributed by atoms with Crippen LogP contribution < -0.4 is 9.80 Å². The number of benzene rings is 7. The summed E-state index contributed by atoms with van der Waals surface area (Å²) < 4.78 is 0. The van der Waals surface area contributed by atoms with Crippen LogP contribution in [0.5, 0.6) is 0 Å². The molecule has 0 saturated carbocycles. The Bertz CT molecular complexity index is 3180. The Morgan fingerprint density at radius 1 is 0.284 bits per heavy atom. The lowest BCUT2D eigenvalue weighted by Gasteiger charge is -2.29. The van der Waals surface area contributed by atoms with Crippen molar-refractivity contribution in [2.45, 2.75) is 153 Å². The van der Waals surface area contributed by atoms with Gasteiger partial charge in [0.25, 0.3) is 0 Å². The summed E-state index contributed by atoms with van der Waals surface area (Å²) in [5, 5.41) is 0. The van der Waals surface area contributed by atoms with E-state index in [9.17, 15) is 0 Å². The standard InChI is InChI=1S/4C11H15N.C11H12.C10H13N.C10H12.CH4/c1-9-5-3-7-11-10(9)6-4-8-12(11)2;1-9-5-3-6-10-7-4-8-12(2)11(9)10;1-9-4-3-5-10-8-12(2)7-6-11(9)10;1-9-4-3-5-10-6-7-12(2)8-11(9)10;1-9-5-4-7-10-6-2-3-8-11(9)10;1-8-4-3-5-9-6-11(2)7-10(8)9;1-8-4-2-5-9-6-3-7-10(8)9;/h3,5,7H,4,6,8H2,1-2H3;3,5-6H,4,7-8H2,1-2H3;2*3-5H,6-8H2,1-2H3;2-5,7H,6,8H2,1H3;3-5H,6-7H2,1-2H3;2,4-5H,3,6-7H2,1H3;1H4. The molecule has 0 aromatic heterocycles. The minimum Gasteiger partial charge on any atom is -0.374 e. The van der Waals surface area contributed by atoms with Crippen molar-refractivity contribution in [2.75, 3.05) is 71.2 Å². The van der Waals surface area contributed by atoms with Crippen molar-refractivity contribution in [3.05, 3.63) is 245 Å². The van der Waals surface area contributed by atoms with Gasteiger partial charge in [0, 0.05) is 77.8 Å². The van der Waals surface area contributed by atoms with Gasteiger partial charge in [-0.2, -0.15) is 0 Å². The van der Waals surface area contributed by atoms with Gasteiger partial charge in [0.1, 0.15) is 0 Å². The molecular weight excluding hydrogens is 983 g/mol. The summed E-state index contributed by atoms with van der Waals surface area (Å²) >= 11 is 0. The molecule has 5 aliphatic heterocycles. The fourth-order valence-corrected chi connectivity index (χ4v) is 13.1. The molecule has 0 amide bonds. The Hall–Kier alpha value is -6.24. The highest BCUT2D eigenvalue weighted by Gasteiger charge is 2.19. The highest BCUT2D eigenvalue weighted by atomic mass is 15.1. The maximum atomic E-state index is 2.38. The molecule has 7 aromatic rings. The smallest absolute Gasteiger partial charge is 0.0425 e. The Kier molecular flexibility index (Phi) is 23.2. The van der Waals surface area contributed by atoms with Gasteiger partial charge in [-0.15, -0.1) is 0 Å². The van der Waals surface area contributed by atoms with E-state index in [2.05, 4.69) is 248 Å². The van der Waals surface area contributed by atoms with E-state index >= 15 is 0 Å². The van der Waals surface area contributed by atoms with Crippen molar-refractivity contribution in [1.82, 2.24) is 14.7 Å². The van der Waals surface area contributed by atoms with Gasteiger partial charge >= 0.3 is 0 Å². The molecule has 7 aliphatic rings. The van der Waals surface area contributed by atoms with Crippen molar-refractivity contribution < 1.29 is 0 Å². The molecule has 14 rings (SSSR count). The van der Waals surface area contributed by atoms with Crippen LogP contribution in [-0.4, -0.2) is 76.1 Å². The molecule has 0 fully saturated rings. The molecule has 5 heterocycles. The van der Waals surface area contributed by atoms with E-state index in [0.29, 0.717) is 0 Å². The molecule has 0 saturated heterocycles. The quantitative estimate of drug-likeness (QED) is 0.140. The molecule has 0 unspecified atom stereocenters. The third-order valence-electron chi connectivity index (χ3n) is 17.8. The molecule has 5 heteroatoms. The van der Waals surface area contributed by atoms with Gasteiger partial charge in [0.05, 0.1) is 0 Å². The first-order chi connectivity index (χ1) is 38.6. The summed E-state index contributed by atoms with van der Waals surface area (Å²) in [6, 6.07) is 46.2. The molecule has 0 N–H and O–H groups in total. The highest BCUT2D eigenvalue weighted by Crippen LogP contribution is 2.31. The largest absolute Gasteiger partial charge is 0.374 e. The second kappa shape index (κ2) is 30.2. The molecule has 0 bridgehead atoms. The predicted octanol–water partition coefficient (Wildman–Crippen LogP) is 16.4. The van der Waals surface area contributed by atoms with Crippen molar-refractivity contribution in [2.24, 2.45) is 0 Å². The van der Waals surface area contributed by atoms with E-state index in [0.717, 1.165) is 39.0 Å². The second-order valence-corrected chi connectivity index (χ2v) is 24.1. The zero-order valence-electron chi connectivity index (χ0n) is 51.5. The summed E-state index contributed by atoms with van der Waals surface area (Å²) in [6.07, 6.45) is 18.3. The molecule has 7 aromatic carbocycles. The number of hydrogen-bond donors (Lipinski definition) is 0. The van der Waals surface area contributed by atoms with Crippen LogP contribution in [0, 0.1) is 48.5 Å². The lowest BCUT2D eigenvalue weighted by atomic mass is 9.93. The molecule has 2 aliphatic carbocycles. The van der Waals surface area contributed by atoms with Crippen molar-refractivity contribution in [3.63, 3.8) is 0 Å². The Morgan fingerprint density at radius 2 is 0.691 bits per heavy atom. The Morgan fingerprint density at radius 3 is 1.30 bits per heavy atom. The van der Waals surface area contributed by atoms with Gasteiger partial charge in [-0.1, -0.05) is 141 Å². The fourth-order valence-electron chi connectivity index (χ4n) is 13.1. The average molecular weight is 1080 g/mol. The number of aryl methyl sites for hydroxylation is 9. The first-order valence-corrected chi connectivity index (χ1v) is 30.3. The van der Waals surface area contributed by atoms with E-state index in [-0.39, 0.29) is 7.43 Å². The third-order valence-corrected chi connectivity index (χ3v) is 17.8. The van der Waals surface area contributed by atoms with E-state index in [4.69, 9.17) is 0 Å². The van der Waals surface area contributed by atoms with Crippen LogP contribution in [-0.2, 0) is 77.5 Å². The molecular formula is C76H101N5. The summed E-state index contributed by atoms with van der Waals surface area (Å²) in [5.74, 6) is 0. The van der Waals surface area contributed by atoms with Gasteiger partial charge in [0.15, 0.2) is 0 Å². The Balaban J connectivity index is 0.000000136. The van der Waals surface area contributed by atoms with Crippen LogP contribution in [0.1, 0.15) is 132 Å². The zero-order chi connectivity index (χ0) is 56.7. The molecule has 81 heavy (non-hydrogen) atoms. The van der Waals surface area contributed by atoms with Crippen molar-refractivity contribution in [3.8, 4) is 0 Å². The van der Waals surface area contributed by atoms with E-state index < -0.39 is 0 Å². The first-order valence-electron chi connectivity index (χ1n) is 30.3. The number of hydrogen-bond acceptors (Lipinski definition) is 5. The summed E-state index contributed by atoms with van der Waals surface area (Å²) in [4.78, 5) is 11.8. The molecule has 0 spiro atoms. The normalized spacial score (nSPS) is 16.1. The second-order valence-electron chi connectivity index (χ2n) is 24.1. The number of allylic oxidation sites excluding steroid dienone is 2. The molecule has 430 valence electrons. The molecule has 0 atom stereocenters. The number of anilines is 2. The minimum absolute atomic E-state index is 0. The van der Waals surface area contributed by atoms with Gasteiger partial charge in [-0.05, 0) is 252 Å². The maximum absolute atomic E-state index is 2.38. The monoisotopic (exact) mass is 1080 g/mol. The van der Waals surface area contributed by atoms with Crippen LogP contribution in [0.15, 0.2) is 140 Å².